The lowest BCUT2D eigenvalue weighted by Gasteiger charge is -2.23. The molecule has 1 aliphatic heterocycles. The van der Waals surface area contributed by atoms with Crippen molar-refractivity contribution in [3.63, 3.8) is 0 Å². The van der Waals surface area contributed by atoms with Crippen LogP contribution in [0.4, 0.5) is 0 Å². The van der Waals surface area contributed by atoms with E-state index in [-0.39, 0.29) is 17.1 Å². The maximum Gasteiger partial charge on any atom is 0.257 e. The number of carbonyl (C=O) groups is 1. The Morgan fingerprint density at radius 2 is 2.50 bits per heavy atom. The van der Waals surface area contributed by atoms with Crippen molar-refractivity contribution < 1.29 is 4.79 Å². The number of carbonyl (C=O) groups excluding carboxylic acids is 1. The first-order valence-corrected chi connectivity index (χ1v) is 5.66. The third kappa shape index (κ3) is 2.18. The fourth-order valence-electron chi connectivity index (χ4n) is 1.87. The van der Waals surface area contributed by atoms with Crippen molar-refractivity contribution >= 4 is 17.5 Å². The third-order valence-corrected chi connectivity index (χ3v) is 3.19. The molecule has 86 valence electrons. The van der Waals surface area contributed by atoms with Crippen LogP contribution in [-0.4, -0.2) is 42.0 Å². The van der Waals surface area contributed by atoms with Gasteiger partial charge in [-0.2, -0.15) is 0 Å². The van der Waals surface area contributed by atoms with Crippen molar-refractivity contribution in [2.45, 2.75) is 12.5 Å². The number of likely N-dealkylation sites (N-methyl/N-ethyl adjacent to an activating group) is 1. The van der Waals surface area contributed by atoms with Crippen molar-refractivity contribution in [1.29, 1.82) is 0 Å². The van der Waals surface area contributed by atoms with Crippen LogP contribution in [0.15, 0.2) is 18.3 Å². The first kappa shape index (κ1) is 11.4. The Balaban J connectivity index is 2.15. The molecule has 1 fully saturated rings. The van der Waals surface area contributed by atoms with E-state index in [1.54, 1.807) is 23.2 Å². The standard InChI is InChI=1S/C11H14ClN3O/c1-15(8-4-6-13-7-8)11(16)9-3-2-5-14-10(9)12/h2-3,5,8,13H,4,6-7H2,1H3/t8-/m0/s1. The van der Waals surface area contributed by atoms with Crippen LogP contribution >= 0.6 is 11.6 Å². The molecule has 1 amide bonds. The highest BCUT2D eigenvalue weighted by atomic mass is 35.5. The Morgan fingerprint density at radius 3 is 3.12 bits per heavy atom. The van der Waals surface area contributed by atoms with Crippen molar-refractivity contribution in [2.24, 2.45) is 0 Å². The molecule has 1 aromatic heterocycles. The average molecular weight is 240 g/mol. The Kier molecular flexibility index (Phi) is 3.41. The van der Waals surface area contributed by atoms with E-state index in [1.165, 1.54) is 0 Å². The van der Waals surface area contributed by atoms with Gasteiger partial charge in [0.15, 0.2) is 0 Å². The van der Waals surface area contributed by atoms with Crippen LogP contribution < -0.4 is 5.32 Å². The van der Waals surface area contributed by atoms with Gasteiger partial charge in [0.2, 0.25) is 0 Å². The van der Waals surface area contributed by atoms with E-state index < -0.39 is 0 Å². The Hall–Kier alpha value is -1.13. The lowest BCUT2D eigenvalue weighted by molar-refractivity contribution is 0.0743. The summed E-state index contributed by atoms with van der Waals surface area (Å²) in [5.74, 6) is -0.0631. The number of rotatable bonds is 2. The minimum absolute atomic E-state index is 0.0631. The monoisotopic (exact) mass is 239 g/mol. The summed E-state index contributed by atoms with van der Waals surface area (Å²) >= 11 is 5.90. The van der Waals surface area contributed by atoms with E-state index in [0.29, 0.717) is 5.56 Å². The summed E-state index contributed by atoms with van der Waals surface area (Å²) < 4.78 is 0. The van der Waals surface area contributed by atoms with Gasteiger partial charge in [-0.05, 0) is 25.1 Å². The van der Waals surface area contributed by atoms with E-state index in [1.807, 2.05) is 7.05 Å². The van der Waals surface area contributed by atoms with Crippen LogP contribution in [0.3, 0.4) is 0 Å². The molecule has 1 aromatic rings. The molecule has 5 heteroatoms. The molecule has 0 spiro atoms. The molecule has 16 heavy (non-hydrogen) atoms. The summed E-state index contributed by atoms with van der Waals surface area (Å²) in [5.41, 5.74) is 0.471. The van der Waals surface area contributed by atoms with Crippen molar-refractivity contribution in [1.82, 2.24) is 15.2 Å². The highest BCUT2D eigenvalue weighted by Crippen LogP contribution is 2.16. The third-order valence-electron chi connectivity index (χ3n) is 2.89. The quantitative estimate of drug-likeness (QED) is 0.788. The second kappa shape index (κ2) is 4.80. The van der Waals surface area contributed by atoms with Gasteiger partial charge in [0.25, 0.3) is 5.91 Å². The number of hydrogen-bond acceptors (Lipinski definition) is 3. The number of amides is 1. The molecule has 1 N–H and O–H groups in total. The fraction of sp³-hybridized carbons (Fsp3) is 0.455. The van der Waals surface area contributed by atoms with Crippen LogP contribution in [0.2, 0.25) is 5.15 Å². The Labute approximate surface area is 99.6 Å². The zero-order valence-electron chi connectivity index (χ0n) is 9.11. The molecule has 0 unspecified atom stereocenters. The van der Waals surface area contributed by atoms with Crippen molar-refractivity contribution in [2.75, 3.05) is 20.1 Å². The minimum atomic E-state index is -0.0631. The van der Waals surface area contributed by atoms with E-state index in [0.717, 1.165) is 19.5 Å². The van der Waals surface area contributed by atoms with Gasteiger partial charge >= 0.3 is 0 Å². The Bertz CT molecular complexity index is 391. The highest BCUT2D eigenvalue weighted by molar-refractivity contribution is 6.32. The van der Waals surface area contributed by atoms with Gasteiger partial charge in [-0.1, -0.05) is 11.6 Å². The highest BCUT2D eigenvalue weighted by Gasteiger charge is 2.25. The van der Waals surface area contributed by atoms with Gasteiger partial charge in [-0.15, -0.1) is 0 Å². The zero-order chi connectivity index (χ0) is 11.5. The van der Waals surface area contributed by atoms with Crippen molar-refractivity contribution in [3.05, 3.63) is 29.0 Å². The maximum absolute atomic E-state index is 12.1. The smallest absolute Gasteiger partial charge is 0.257 e. The molecule has 1 atom stereocenters. The van der Waals surface area contributed by atoms with Crippen LogP contribution in [0.5, 0.6) is 0 Å². The predicted molar refractivity (Wildman–Crippen MR) is 62.6 cm³/mol. The normalized spacial score (nSPS) is 19.8. The minimum Gasteiger partial charge on any atom is -0.337 e. The number of nitrogens with one attached hydrogen (secondary N) is 1. The molecule has 2 rings (SSSR count). The largest absolute Gasteiger partial charge is 0.337 e. The topological polar surface area (TPSA) is 45.2 Å². The van der Waals surface area contributed by atoms with Gasteiger partial charge in [0, 0.05) is 25.8 Å². The first-order valence-electron chi connectivity index (χ1n) is 5.28. The molecule has 0 radical (unpaired) electrons. The second-order valence-corrected chi connectivity index (χ2v) is 4.26. The molecule has 1 saturated heterocycles. The number of aromatic nitrogens is 1. The summed E-state index contributed by atoms with van der Waals surface area (Å²) in [6, 6.07) is 3.68. The van der Waals surface area contributed by atoms with E-state index in [4.69, 9.17) is 11.6 Å². The summed E-state index contributed by atoms with van der Waals surface area (Å²) in [6.45, 7) is 1.81. The van der Waals surface area contributed by atoms with Gasteiger partial charge in [0.1, 0.15) is 5.15 Å². The van der Waals surface area contributed by atoms with E-state index in [2.05, 4.69) is 10.3 Å². The predicted octanol–water partition coefficient (Wildman–Crippen LogP) is 1.17. The van der Waals surface area contributed by atoms with Crippen LogP contribution in [0.1, 0.15) is 16.8 Å². The molecule has 0 aromatic carbocycles. The molecular formula is C11H14ClN3O. The molecule has 1 aliphatic rings. The van der Waals surface area contributed by atoms with Crippen LogP contribution in [0, 0.1) is 0 Å². The SMILES string of the molecule is CN(C(=O)c1cccnc1Cl)[C@H]1CCNC1. The lowest BCUT2D eigenvalue weighted by atomic mass is 10.2. The van der Waals surface area contributed by atoms with Gasteiger partial charge in [0.05, 0.1) is 5.56 Å². The first-order chi connectivity index (χ1) is 7.70. The van der Waals surface area contributed by atoms with Gasteiger partial charge < -0.3 is 10.2 Å². The summed E-state index contributed by atoms with van der Waals surface area (Å²) in [6.07, 6.45) is 2.57. The number of pyridine rings is 1. The molecular weight excluding hydrogens is 226 g/mol. The van der Waals surface area contributed by atoms with Crippen LogP contribution in [0.25, 0.3) is 0 Å². The molecule has 4 nitrogen and oxygen atoms in total. The number of nitrogens with zero attached hydrogens (tertiary/aromatic N) is 2. The van der Waals surface area contributed by atoms with E-state index >= 15 is 0 Å². The molecule has 0 bridgehead atoms. The summed E-state index contributed by atoms with van der Waals surface area (Å²) in [7, 11) is 1.81. The zero-order valence-corrected chi connectivity index (χ0v) is 9.87. The number of hydrogen-bond donors (Lipinski definition) is 1. The lowest BCUT2D eigenvalue weighted by Crippen LogP contribution is -2.38. The average Bonchev–Trinajstić information content (AvgIpc) is 2.81. The van der Waals surface area contributed by atoms with Gasteiger partial charge in [-0.25, -0.2) is 4.98 Å². The fourth-order valence-corrected chi connectivity index (χ4v) is 2.07. The Morgan fingerprint density at radius 1 is 1.69 bits per heavy atom. The van der Waals surface area contributed by atoms with Gasteiger partial charge in [-0.3, -0.25) is 4.79 Å². The van der Waals surface area contributed by atoms with Crippen LogP contribution in [-0.2, 0) is 0 Å². The molecule has 0 aliphatic carbocycles. The summed E-state index contributed by atoms with van der Waals surface area (Å²) in [4.78, 5) is 17.8. The molecule has 2 heterocycles. The second-order valence-electron chi connectivity index (χ2n) is 3.90. The maximum atomic E-state index is 12.1. The molecule has 0 saturated carbocycles. The number of halogens is 1. The van der Waals surface area contributed by atoms with Crippen molar-refractivity contribution in [3.8, 4) is 0 Å². The van der Waals surface area contributed by atoms with E-state index in [9.17, 15) is 4.79 Å². The summed E-state index contributed by atoms with van der Waals surface area (Å²) in [5, 5.41) is 3.50.